The van der Waals surface area contributed by atoms with Gasteiger partial charge in [-0.05, 0) is 42.3 Å². The van der Waals surface area contributed by atoms with Gasteiger partial charge in [0.05, 0.1) is 12.2 Å². The predicted octanol–water partition coefficient (Wildman–Crippen LogP) is 2.63. The quantitative estimate of drug-likeness (QED) is 0.786. The number of fused-ring (bicyclic) bond motifs is 1. The molecule has 134 valence electrons. The van der Waals surface area contributed by atoms with Crippen molar-refractivity contribution in [2.45, 2.75) is 25.4 Å². The van der Waals surface area contributed by atoms with Crippen molar-refractivity contribution in [1.29, 1.82) is 0 Å². The van der Waals surface area contributed by atoms with Gasteiger partial charge in [-0.15, -0.1) is 5.10 Å². The van der Waals surface area contributed by atoms with Crippen LogP contribution in [0.2, 0.25) is 0 Å². The maximum Gasteiger partial charge on any atom is 0.276 e. The molecule has 0 atom stereocenters. The molecule has 6 nitrogen and oxygen atoms in total. The van der Waals surface area contributed by atoms with Gasteiger partial charge in [0, 0.05) is 13.6 Å². The summed E-state index contributed by atoms with van der Waals surface area (Å²) >= 11 is 0. The van der Waals surface area contributed by atoms with E-state index in [1.807, 2.05) is 29.9 Å². The maximum atomic E-state index is 12.8. The Hall–Kier alpha value is -2.73. The summed E-state index contributed by atoms with van der Waals surface area (Å²) in [5, 5.41) is 14.0. The molecule has 1 aliphatic heterocycles. The SMILES string of the molecule is CN(Cc1cccc2ccccc12)C(=O)c1cn(C2CCNCC2)nn1. The monoisotopic (exact) mass is 349 g/mol. The first-order valence-electron chi connectivity index (χ1n) is 9.07. The van der Waals surface area contributed by atoms with Crippen molar-refractivity contribution in [3.05, 3.63) is 59.9 Å². The Labute approximate surface area is 152 Å². The van der Waals surface area contributed by atoms with Crippen LogP contribution in [-0.2, 0) is 6.54 Å². The average Bonchev–Trinajstić information content (AvgIpc) is 3.18. The Balaban J connectivity index is 1.50. The molecular formula is C20H23N5O. The molecule has 2 aromatic carbocycles. The molecule has 4 rings (SSSR count). The van der Waals surface area contributed by atoms with Gasteiger partial charge in [0.2, 0.25) is 0 Å². The summed E-state index contributed by atoms with van der Waals surface area (Å²) in [6.07, 6.45) is 3.82. The molecule has 6 heteroatoms. The van der Waals surface area contributed by atoms with Crippen molar-refractivity contribution in [3.8, 4) is 0 Å². The largest absolute Gasteiger partial charge is 0.336 e. The van der Waals surface area contributed by atoms with Crippen LogP contribution in [0.5, 0.6) is 0 Å². The fourth-order valence-corrected chi connectivity index (χ4v) is 3.58. The van der Waals surface area contributed by atoms with E-state index in [0.29, 0.717) is 18.3 Å². The lowest BCUT2D eigenvalue weighted by atomic mass is 10.0. The normalized spacial score (nSPS) is 15.3. The van der Waals surface area contributed by atoms with Crippen LogP contribution in [0.1, 0.15) is 34.9 Å². The van der Waals surface area contributed by atoms with E-state index in [0.717, 1.165) is 31.5 Å². The van der Waals surface area contributed by atoms with Gasteiger partial charge in [0.25, 0.3) is 5.91 Å². The molecule has 3 aromatic rings. The molecule has 0 aliphatic carbocycles. The standard InChI is InChI=1S/C20H23N5O/c1-24(13-16-7-4-6-15-5-2-3-8-18(15)16)20(26)19-14-25(23-22-19)17-9-11-21-12-10-17/h2-8,14,17,21H,9-13H2,1H3. The van der Waals surface area contributed by atoms with Gasteiger partial charge in [-0.25, -0.2) is 4.68 Å². The van der Waals surface area contributed by atoms with E-state index in [9.17, 15) is 4.79 Å². The number of benzene rings is 2. The topological polar surface area (TPSA) is 63.1 Å². The summed E-state index contributed by atoms with van der Waals surface area (Å²) in [5.74, 6) is -0.0990. The van der Waals surface area contributed by atoms with Gasteiger partial charge >= 0.3 is 0 Å². The highest BCUT2D eigenvalue weighted by Crippen LogP contribution is 2.21. The molecule has 1 N–H and O–H groups in total. The minimum atomic E-state index is -0.0990. The van der Waals surface area contributed by atoms with E-state index < -0.39 is 0 Å². The highest BCUT2D eigenvalue weighted by molar-refractivity contribution is 5.92. The van der Waals surface area contributed by atoms with E-state index in [1.165, 1.54) is 10.8 Å². The van der Waals surface area contributed by atoms with E-state index >= 15 is 0 Å². The van der Waals surface area contributed by atoms with Crippen LogP contribution < -0.4 is 5.32 Å². The van der Waals surface area contributed by atoms with Gasteiger partial charge in [0.1, 0.15) is 0 Å². The molecule has 0 saturated carbocycles. The van der Waals surface area contributed by atoms with Crippen LogP contribution in [0.3, 0.4) is 0 Å². The fraction of sp³-hybridized carbons (Fsp3) is 0.350. The zero-order valence-electron chi connectivity index (χ0n) is 14.9. The first-order chi connectivity index (χ1) is 12.7. The van der Waals surface area contributed by atoms with Gasteiger partial charge < -0.3 is 10.2 Å². The van der Waals surface area contributed by atoms with E-state index in [2.05, 4.69) is 39.9 Å². The molecule has 1 saturated heterocycles. The molecule has 0 spiro atoms. The Kier molecular flexibility index (Phi) is 4.67. The molecule has 1 aromatic heterocycles. The molecule has 2 heterocycles. The van der Waals surface area contributed by atoms with E-state index in [-0.39, 0.29) is 5.91 Å². The maximum absolute atomic E-state index is 12.8. The second-order valence-corrected chi connectivity index (χ2v) is 6.86. The Morgan fingerprint density at radius 3 is 2.81 bits per heavy atom. The minimum Gasteiger partial charge on any atom is -0.336 e. The zero-order chi connectivity index (χ0) is 17.9. The van der Waals surface area contributed by atoms with E-state index in [1.54, 1.807) is 11.1 Å². The van der Waals surface area contributed by atoms with Crippen molar-refractivity contribution in [2.75, 3.05) is 20.1 Å². The van der Waals surface area contributed by atoms with Crippen molar-refractivity contribution >= 4 is 16.7 Å². The van der Waals surface area contributed by atoms with Crippen molar-refractivity contribution < 1.29 is 4.79 Å². The number of rotatable bonds is 4. The van der Waals surface area contributed by atoms with Crippen molar-refractivity contribution in [2.24, 2.45) is 0 Å². The summed E-state index contributed by atoms with van der Waals surface area (Å²) in [7, 11) is 1.81. The van der Waals surface area contributed by atoms with Crippen LogP contribution in [0.25, 0.3) is 10.8 Å². The third-order valence-electron chi connectivity index (χ3n) is 5.05. The predicted molar refractivity (Wildman–Crippen MR) is 101 cm³/mol. The van der Waals surface area contributed by atoms with Gasteiger partial charge in [-0.3, -0.25) is 4.79 Å². The van der Waals surface area contributed by atoms with Crippen LogP contribution in [0, 0.1) is 0 Å². The number of carbonyl (C=O) groups is 1. The summed E-state index contributed by atoms with van der Waals surface area (Å²) in [4.78, 5) is 14.5. The lowest BCUT2D eigenvalue weighted by Crippen LogP contribution is -2.29. The summed E-state index contributed by atoms with van der Waals surface area (Å²) in [6.45, 7) is 2.50. The van der Waals surface area contributed by atoms with Gasteiger partial charge in [-0.1, -0.05) is 47.7 Å². The smallest absolute Gasteiger partial charge is 0.276 e. The highest BCUT2D eigenvalue weighted by Gasteiger charge is 2.21. The second kappa shape index (κ2) is 7.25. The lowest BCUT2D eigenvalue weighted by molar-refractivity contribution is 0.0779. The number of piperidine rings is 1. The number of nitrogens with zero attached hydrogens (tertiary/aromatic N) is 4. The molecule has 1 aliphatic rings. The fourth-order valence-electron chi connectivity index (χ4n) is 3.58. The second-order valence-electron chi connectivity index (χ2n) is 6.86. The molecule has 0 radical (unpaired) electrons. The Morgan fingerprint density at radius 2 is 1.96 bits per heavy atom. The number of hydrogen-bond donors (Lipinski definition) is 1. The highest BCUT2D eigenvalue weighted by atomic mass is 16.2. The molecule has 26 heavy (non-hydrogen) atoms. The first kappa shape index (κ1) is 16.7. The molecule has 0 unspecified atom stereocenters. The number of carbonyl (C=O) groups excluding carboxylic acids is 1. The third kappa shape index (κ3) is 3.32. The summed E-state index contributed by atoms with van der Waals surface area (Å²) < 4.78 is 1.85. The molecule has 1 fully saturated rings. The van der Waals surface area contributed by atoms with Crippen molar-refractivity contribution in [3.63, 3.8) is 0 Å². The number of nitrogens with one attached hydrogen (secondary N) is 1. The molecule has 1 amide bonds. The Bertz CT molecular complexity index is 908. The van der Waals surface area contributed by atoms with Gasteiger partial charge in [-0.2, -0.15) is 0 Å². The van der Waals surface area contributed by atoms with Gasteiger partial charge in [0.15, 0.2) is 5.69 Å². The van der Waals surface area contributed by atoms with Crippen LogP contribution in [0.15, 0.2) is 48.7 Å². The summed E-state index contributed by atoms with van der Waals surface area (Å²) in [6, 6.07) is 14.8. The first-order valence-corrected chi connectivity index (χ1v) is 9.07. The van der Waals surface area contributed by atoms with Crippen LogP contribution >= 0.6 is 0 Å². The summed E-state index contributed by atoms with van der Waals surface area (Å²) in [5.41, 5.74) is 1.54. The minimum absolute atomic E-state index is 0.0990. The molecular weight excluding hydrogens is 326 g/mol. The van der Waals surface area contributed by atoms with Crippen LogP contribution in [0.4, 0.5) is 0 Å². The third-order valence-corrected chi connectivity index (χ3v) is 5.05. The lowest BCUT2D eigenvalue weighted by Gasteiger charge is -2.22. The van der Waals surface area contributed by atoms with E-state index in [4.69, 9.17) is 0 Å². The number of amides is 1. The number of aromatic nitrogens is 3. The average molecular weight is 349 g/mol. The van der Waals surface area contributed by atoms with Crippen molar-refractivity contribution in [1.82, 2.24) is 25.2 Å². The Morgan fingerprint density at radius 1 is 1.19 bits per heavy atom. The molecule has 0 bridgehead atoms. The zero-order valence-corrected chi connectivity index (χ0v) is 14.9. The van der Waals surface area contributed by atoms with Crippen LogP contribution in [-0.4, -0.2) is 45.9 Å². The number of hydrogen-bond acceptors (Lipinski definition) is 4.